The molecule has 7 heteroatoms. The van der Waals surface area contributed by atoms with E-state index >= 15 is 0 Å². The molecule has 0 fully saturated rings. The van der Waals surface area contributed by atoms with Gasteiger partial charge in [-0.3, -0.25) is 5.32 Å². The molecule has 1 aliphatic rings. The lowest BCUT2D eigenvalue weighted by Crippen LogP contribution is -2.31. The number of carbonyl (C=O) groups is 1. The van der Waals surface area contributed by atoms with Gasteiger partial charge in [0.1, 0.15) is 0 Å². The van der Waals surface area contributed by atoms with Gasteiger partial charge in [-0.15, -0.1) is 12.4 Å². The number of hydrogen-bond acceptors (Lipinski definition) is 3. The first-order valence-electron chi connectivity index (χ1n) is 7.59. The molecule has 2 aromatic carbocycles. The molecule has 1 aliphatic heterocycles. The SMILES string of the molecule is COC(=O)Nc1cccc(C2CN(C)Cc3c(Cl)cc(Cl)cc32)c1.Cl. The zero-order chi connectivity index (χ0) is 17.3. The van der Waals surface area contributed by atoms with Crippen LogP contribution < -0.4 is 5.32 Å². The number of ether oxygens (including phenoxy) is 1. The number of benzene rings is 2. The van der Waals surface area contributed by atoms with Crippen LogP contribution in [-0.2, 0) is 11.3 Å². The smallest absolute Gasteiger partial charge is 0.411 e. The molecule has 1 N–H and O–H groups in total. The van der Waals surface area contributed by atoms with E-state index in [0.29, 0.717) is 15.7 Å². The lowest BCUT2D eigenvalue weighted by Gasteiger charge is -2.33. The number of methoxy groups -OCH3 is 1. The maximum Gasteiger partial charge on any atom is 0.411 e. The summed E-state index contributed by atoms with van der Waals surface area (Å²) in [5, 5.41) is 4.03. The average Bonchev–Trinajstić information content (AvgIpc) is 2.55. The van der Waals surface area contributed by atoms with Crippen molar-refractivity contribution in [2.45, 2.75) is 12.5 Å². The number of carbonyl (C=O) groups excluding carboxylic acids is 1. The first-order chi connectivity index (χ1) is 11.5. The molecule has 1 unspecified atom stereocenters. The first kappa shape index (κ1) is 19.9. The van der Waals surface area contributed by atoms with E-state index in [9.17, 15) is 4.79 Å². The van der Waals surface area contributed by atoms with Crippen LogP contribution in [0.2, 0.25) is 10.0 Å². The van der Waals surface area contributed by atoms with Crippen LogP contribution in [0.25, 0.3) is 0 Å². The summed E-state index contributed by atoms with van der Waals surface area (Å²) >= 11 is 12.6. The van der Waals surface area contributed by atoms with Gasteiger partial charge in [-0.05, 0) is 48.0 Å². The van der Waals surface area contributed by atoms with Crippen LogP contribution in [0.4, 0.5) is 10.5 Å². The van der Waals surface area contributed by atoms with Gasteiger partial charge >= 0.3 is 6.09 Å². The van der Waals surface area contributed by atoms with Crippen molar-refractivity contribution in [1.82, 2.24) is 4.90 Å². The third-order valence-electron chi connectivity index (χ3n) is 4.21. The molecular formula is C18H19Cl3N2O2. The van der Waals surface area contributed by atoms with Crippen molar-refractivity contribution in [2.24, 2.45) is 0 Å². The molecule has 134 valence electrons. The second kappa shape index (κ2) is 8.28. The number of fused-ring (bicyclic) bond motifs is 1. The Labute approximate surface area is 163 Å². The Morgan fingerprint density at radius 1 is 1.28 bits per heavy atom. The number of nitrogens with one attached hydrogen (secondary N) is 1. The van der Waals surface area contributed by atoms with E-state index < -0.39 is 6.09 Å². The Bertz CT molecular complexity index is 783. The monoisotopic (exact) mass is 400 g/mol. The van der Waals surface area contributed by atoms with Crippen molar-refractivity contribution in [3.63, 3.8) is 0 Å². The van der Waals surface area contributed by atoms with E-state index in [1.54, 1.807) is 6.07 Å². The van der Waals surface area contributed by atoms with Gasteiger partial charge in [0.05, 0.1) is 7.11 Å². The van der Waals surface area contributed by atoms with Crippen molar-refractivity contribution in [2.75, 3.05) is 26.0 Å². The second-order valence-corrected chi connectivity index (χ2v) is 6.79. The normalized spacial score (nSPS) is 16.6. The van der Waals surface area contributed by atoms with Crippen LogP contribution in [0, 0.1) is 0 Å². The molecule has 0 saturated heterocycles. The molecule has 4 nitrogen and oxygen atoms in total. The molecule has 0 aromatic heterocycles. The Kier molecular flexibility index (Phi) is 6.58. The fourth-order valence-electron chi connectivity index (χ4n) is 3.13. The van der Waals surface area contributed by atoms with Crippen LogP contribution in [0.15, 0.2) is 36.4 Å². The van der Waals surface area contributed by atoms with Crippen LogP contribution in [0.5, 0.6) is 0 Å². The highest BCUT2D eigenvalue weighted by atomic mass is 35.5. The van der Waals surface area contributed by atoms with Gasteiger partial charge in [0.15, 0.2) is 0 Å². The summed E-state index contributed by atoms with van der Waals surface area (Å²) in [6.07, 6.45) is -0.487. The van der Waals surface area contributed by atoms with Crippen molar-refractivity contribution >= 4 is 47.4 Å². The number of amides is 1. The number of anilines is 1. The number of hydrogen-bond donors (Lipinski definition) is 1. The summed E-state index contributed by atoms with van der Waals surface area (Å²) in [6, 6.07) is 11.5. The number of likely N-dealkylation sites (N-methyl/N-ethyl adjacent to an activating group) is 1. The molecule has 1 atom stereocenters. The fourth-order valence-corrected chi connectivity index (χ4v) is 3.70. The number of nitrogens with zero attached hydrogens (tertiary/aromatic N) is 1. The van der Waals surface area contributed by atoms with Crippen LogP contribution in [0.1, 0.15) is 22.6 Å². The third kappa shape index (κ3) is 4.39. The van der Waals surface area contributed by atoms with Crippen molar-refractivity contribution in [3.05, 3.63) is 63.1 Å². The Hall–Kier alpha value is -1.46. The molecule has 3 rings (SSSR count). The summed E-state index contributed by atoms with van der Waals surface area (Å²) in [6.45, 7) is 1.65. The van der Waals surface area contributed by atoms with Gasteiger partial charge < -0.3 is 9.64 Å². The fraction of sp³-hybridized carbons (Fsp3) is 0.278. The molecule has 2 aromatic rings. The summed E-state index contributed by atoms with van der Waals surface area (Å²) in [5.41, 5.74) is 4.03. The number of rotatable bonds is 2. The molecule has 1 heterocycles. The van der Waals surface area contributed by atoms with E-state index in [1.807, 2.05) is 30.3 Å². The van der Waals surface area contributed by atoms with Crippen LogP contribution in [-0.4, -0.2) is 31.7 Å². The topological polar surface area (TPSA) is 41.6 Å². The van der Waals surface area contributed by atoms with Crippen LogP contribution >= 0.6 is 35.6 Å². The largest absolute Gasteiger partial charge is 0.453 e. The molecular weight excluding hydrogens is 383 g/mol. The van der Waals surface area contributed by atoms with Gasteiger partial charge in [-0.2, -0.15) is 0 Å². The van der Waals surface area contributed by atoms with E-state index in [1.165, 1.54) is 7.11 Å². The van der Waals surface area contributed by atoms with Gasteiger partial charge in [-0.25, -0.2) is 4.79 Å². The molecule has 0 bridgehead atoms. The summed E-state index contributed by atoms with van der Waals surface area (Å²) < 4.78 is 4.65. The summed E-state index contributed by atoms with van der Waals surface area (Å²) in [4.78, 5) is 13.7. The predicted molar refractivity (Wildman–Crippen MR) is 104 cm³/mol. The zero-order valence-electron chi connectivity index (χ0n) is 13.9. The Morgan fingerprint density at radius 3 is 2.76 bits per heavy atom. The highest BCUT2D eigenvalue weighted by molar-refractivity contribution is 6.35. The van der Waals surface area contributed by atoms with Crippen molar-refractivity contribution in [3.8, 4) is 0 Å². The van der Waals surface area contributed by atoms with Gasteiger partial charge in [0.2, 0.25) is 0 Å². The van der Waals surface area contributed by atoms with Gasteiger partial charge in [0.25, 0.3) is 0 Å². The maximum absolute atomic E-state index is 11.4. The molecule has 1 amide bonds. The maximum atomic E-state index is 11.4. The molecule has 0 aliphatic carbocycles. The van der Waals surface area contributed by atoms with Gasteiger partial charge in [0, 0.05) is 34.7 Å². The Balaban J connectivity index is 0.00000225. The highest BCUT2D eigenvalue weighted by Crippen LogP contribution is 2.38. The summed E-state index contributed by atoms with van der Waals surface area (Å²) in [5.74, 6) is 0.134. The lowest BCUT2D eigenvalue weighted by atomic mass is 9.84. The van der Waals surface area contributed by atoms with E-state index in [2.05, 4.69) is 22.0 Å². The molecule has 0 saturated carbocycles. The zero-order valence-corrected chi connectivity index (χ0v) is 16.2. The minimum Gasteiger partial charge on any atom is -0.453 e. The predicted octanol–water partition coefficient (Wildman–Crippen LogP) is 5.17. The number of halogens is 3. The first-order valence-corrected chi connectivity index (χ1v) is 8.35. The summed E-state index contributed by atoms with van der Waals surface area (Å²) in [7, 11) is 3.41. The Morgan fingerprint density at radius 2 is 2.04 bits per heavy atom. The third-order valence-corrected chi connectivity index (χ3v) is 4.77. The molecule has 0 radical (unpaired) electrons. The van der Waals surface area contributed by atoms with Crippen molar-refractivity contribution < 1.29 is 9.53 Å². The van der Waals surface area contributed by atoms with E-state index in [4.69, 9.17) is 23.2 Å². The second-order valence-electron chi connectivity index (χ2n) is 5.95. The standard InChI is InChI=1S/C18H18Cl2N2O2.ClH/c1-22-9-15(14-7-12(19)8-17(20)16(14)10-22)11-4-3-5-13(6-11)21-18(23)24-2;/h3-8,15H,9-10H2,1-2H3,(H,21,23);1H. The average molecular weight is 402 g/mol. The quantitative estimate of drug-likeness (QED) is 0.754. The van der Waals surface area contributed by atoms with Crippen LogP contribution in [0.3, 0.4) is 0 Å². The molecule has 0 spiro atoms. The van der Waals surface area contributed by atoms with E-state index in [0.717, 1.165) is 29.8 Å². The van der Waals surface area contributed by atoms with E-state index in [-0.39, 0.29) is 18.3 Å². The lowest BCUT2D eigenvalue weighted by molar-refractivity contribution is 0.187. The minimum atomic E-state index is -0.487. The van der Waals surface area contributed by atoms with Crippen molar-refractivity contribution in [1.29, 1.82) is 0 Å². The molecule has 25 heavy (non-hydrogen) atoms. The minimum absolute atomic E-state index is 0. The highest BCUT2D eigenvalue weighted by Gasteiger charge is 2.27. The van der Waals surface area contributed by atoms with Gasteiger partial charge in [-0.1, -0.05) is 35.3 Å².